The Balaban J connectivity index is 2.17. The summed E-state index contributed by atoms with van der Waals surface area (Å²) in [7, 11) is 0. The SMILES string of the molecule is C#CCn1ccc(CN(CC)c2cccc(C(=O)O)n2)n1. The molecule has 108 valence electrons. The Labute approximate surface area is 123 Å². The molecule has 6 nitrogen and oxygen atoms in total. The zero-order chi connectivity index (χ0) is 15.2. The second-order valence-corrected chi connectivity index (χ2v) is 4.41. The number of pyridine rings is 1. The molecule has 2 aromatic heterocycles. The van der Waals surface area contributed by atoms with Gasteiger partial charge in [0.15, 0.2) is 5.69 Å². The topological polar surface area (TPSA) is 71.2 Å². The number of aromatic carboxylic acids is 1. The van der Waals surface area contributed by atoms with Crippen molar-refractivity contribution < 1.29 is 9.90 Å². The molecule has 6 heteroatoms. The summed E-state index contributed by atoms with van der Waals surface area (Å²) >= 11 is 0. The van der Waals surface area contributed by atoms with Crippen LogP contribution in [0.15, 0.2) is 30.5 Å². The van der Waals surface area contributed by atoms with Crippen LogP contribution in [0.25, 0.3) is 0 Å². The third-order valence-corrected chi connectivity index (χ3v) is 2.96. The summed E-state index contributed by atoms with van der Waals surface area (Å²) in [5.74, 6) is 2.10. The maximum absolute atomic E-state index is 11.0. The zero-order valence-corrected chi connectivity index (χ0v) is 11.7. The number of carbonyl (C=O) groups is 1. The quantitative estimate of drug-likeness (QED) is 0.816. The first kappa shape index (κ1) is 14.6. The normalized spacial score (nSPS) is 10.1. The molecule has 2 heterocycles. The lowest BCUT2D eigenvalue weighted by atomic mass is 10.3. The van der Waals surface area contributed by atoms with Crippen LogP contribution in [0.5, 0.6) is 0 Å². The van der Waals surface area contributed by atoms with Gasteiger partial charge in [-0.15, -0.1) is 6.42 Å². The molecule has 1 N–H and O–H groups in total. The fourth-order valence-corrected chi connectivity index (χ4v) is 1.94. The Hall–Kier alpha value is -2.81. The maximum atomic E-state index is 11.0. The van der Waals surface area contributed by atoms with E-state index in [1.54, 1.807) is 16.8 Å². The minimum Gasteiger partial charge on any atom is -0.477 e. The molecule has 0 aliphatic rings. The fourth-order valence-electron chi connectivity index (χ4n) is 1.94. The fraction of sp³-hybridized carbons (Fsp3) is 0.267. The number of hydrogen-bond donors (Lipinski definition) is 1. The molecule has 2 rings (SSSR count). The van der Waals surface area contributed by atoms with E-state index in [0.29, 0.717) is 25.5 Å². The predicted octanol–water partition coefficient (Wildman–Crippen LogP) is 1.64. The largest absolute Gasteiger partial charge is 0.477 e. The molecule has 0 amide bonds. The minimum atomic E-state index is -1.04. The van der Waals surface area contributed by atoms with E-state index < -0.39 is 5.97 Å². The Bertz CT molecular complexity index is 672. The van der Waals surface area contributed by atoms with Crippen LogP contribution in [0.1, 0.15) is 23.1 Å². The second-order valence-electron chi connectivity index (χ2n) is 4.41. The highest BCUT2D eigenvalue weighted by atomic mass is 16.4. The highest BCUT2D eigenvalue weighted by Crippen LogP contribution is 2.14. The number of rotatable bonds is 6. The monoisotopic (exact) mass is 284 g/mol. The van der Waals surface area contributed by atoms with Gasteiger partial charge in [-0.2, -0.15) is 5.10 Å². The van der Waals surface area contributed by atoms with Crippen molar-refractivity contribution in [3.8, 4) is 12.3 Å². The van der Waals surface area contributed by atoms with Crippen molar-refractivity contribution in [3.05, 3.63) is 41.9 Å². The van der Waals surface area contributed by atoms with Crippen molar-refractivity contribution in [2.75, 3.05) is 11.4 Å². The number of anilines is 1. The highest BCUT2D eigenvalue weighted by Gasteiger charge is 2.11. The van der Waals surface area contributed by atoms with Crippen LogP contribution in [-0.4, -0.2) is 32.4 Å². The standard InChI is InChI=1S/C15H16N4O2/c1-3-9-19-10-8-12(17-19)11-18(4-2)14-7-5-6-13(16-14)15(20)21/h1,5-8,10H,4,9,11H2,2H3,(H,20,21). The van der Waals surface area contributed by atoms with Gasteiger partial charge in [-0.1, -0.05) is 12.0 Å². The molecule has 0 saturated heterocycles. The molecule has 0 aliphatic carbocycles. The number of carboxylic acids is 1. The third kappa shape index (κ3) is 3.60. The molecular formula is C15H16N4O2. The number of aromatic nitrogens is 3. The van der Waals surface area contributed by atoms with Crippen LogP contribution >= 0.6 is 0 Å². The molecule has 0 fully saturated rings. The van der Waals surface area contributed by atoms with Gasteiger partial charge < -0.3 is 10.0 Å². The van der Waals surface area contributed by atoms with Gasteiger partial charge in [0.05, 0.1) is 12.2 Å². The summed E-state index contributed by atoms with van der Waals surface area (Å²) in [6.45, 7) is 3.65. The Morgan fingerprint density at radius 2 is 2.29 bits per heavy atom. The van der Waals surface area contributed by atoms with E-state index in [1.165, 1.54) is 6.07 Å². The minimum absolute atomic E-state index is 0.0313. The van der Waals surface area contributed by atoms with Crippen LogP contribution in [0.3, 0.4) is 0 Å². The van der Waals surface area contributed by atoms with E-state index >= 15 is 0 Å². The van der Waals surface area contributed by atoms with Gasteiger partial charge >= 0.3 is 5.97 Å². The molecule has 2 aromatic rings. The first-order valence-corrected chi connectivity index (χ1v) is 6.55. The average molecular weight is 284 g/mol. The number of nitrogens with zero attached hydrogens (tertiary/aromatic N) is 4. The number of carboxylic acid groups (broad SMARTS) is 1. The summed E-state index contributed by atoms with van der Waals surface area (Å²) in [5, 5.41) is 13.4. The van der Waals surface area contributed by atoms with Gasteiger partial charge in [0.25, 0.3) is 0 Å². The molecule has 0 aliphatic heterocycles. The molecule has 21 heavy (non-hydrogen) atoms. The Kier molecular flexibility index (Phi) is 4.57. The second kappa shape index (κ2) is 6.57. The van der Waals surface area contributed by atoms with Crippen molar-refractivity contribution >= 4 is 11.8 Å². The van der Waals surface area contributed by atoms with Crippen molar-refractivity contribution in [3.63, 3.8) is 0 Å². The van der Waals surface area contributed by atoms with E-state index in [4.69, 9.17) is 11.5 Å². The summed E-state index contributed by atoms with van der Waals surface area (Å²) in [6, 6.07) is 6.84. The number of hydrogen-bond acceptors (Lipinski definition) is 4. The molecule has 0 bridgehead atoms. The summed E-state index contributed by atoms with van der Waals surface area (Å²) in [6.07, 6.45) is 7.07. The lowest BCUT2D eigenvalue weighted by Crippen LogP contribution is -2.24. The Morgan fingerprint density at radius 3 is 2.95 bits per heavy atom. The molecule has 0 saturated carbocycles. The molecule has 0 radical (unpaired) electrons. The van der Waals surface area contributed by atoms with Crippen LogP contribution in [0.2, 0.25) is 0 Å². The highest BCUT2D eigenvalue weighted by molar-refractivity contribution is 5.85. The first-order valence-electron chi connectivity index (χ1n) is 6.55. The molecular weight excluding hydrogens is 268 g/mol. The van der Waals surface area contributed by atoms with E-state index in [9.17, 15) is 4.79 Å². The molecule has 0 atom stereocenters. The van der Waals surface area contributed by atoms with Crippen LogP contribution in [-0.2, 0) is 13.1 Å². The van der Waals surface area contributed by atoms with Crippen molar-refractivity contribution in [2.24, 2.45) is 0 Å². The van der Waals surface area contributed by atoms with Gasteiger partial charge in [0.2, 0.25) is 0 Å². The van der Waals surface area contributed by atoms with Crippen LogP contribution in [0, 0.1) is 12.3 Å². The maximum Gasteiger partial charge on any atom is 0.354 e. The zero-order valence-electron chi connectivity index (χ0n) is 11.7. The van der Waals surface area contributed by atoms with Crippen molar-refractivity contribution in [1.82, 2.24) is 14.8 Å². The average Bonchev–Trinajstić information content (AvgIpc) is 2.92. The van der Waals surface area contributed by atoms with Crippen LogP contribution < -0.4 is 4.90 Å². The smallest absolute Gasteiger partial charge is 0.354 e. The summed E-state index contributed by atoms with van der Waals surface area (Å²) in [5.41, 5.74) is 0.887. The Morgan fingerprint density at radius 1 is 1.48 bits per heavy atom. The first-order chi connectivity index (χ1) is 10.1. The van der Waals surface area contributed by atoms with Gasteiger partial charge in [-0.3, -0.25) is 4.68 Å². The van der Waals surface area contributed by atoms with E-state index in [-0.39, 0.29) is 5.69 Å². The van der Waals surface area contributed by atoms with E-state index in [0.717, 1.165) is 5.69 Å². The van der Waals surface area contributed by atoms with Crippen molar-refractivity contribution in [2.45, 2.75) is 20.0 Å². The molecule has 0 aromatic carbocycles. The lowest BCUT2D eigenvalue weighted by molar-refractivity contribution is 0.0690. The molecule has 0 spiro atoms. The molecule has 0 unspecified atom stereocenters. The third-order valence-electron chi connectivity index (χ3n) is 2.96. The van der Waals surface area contributed by atoms with E-state index in [2.05, 4.69) is 16.0 Å². The lowest BCUT2D eigenvalue weighted by Gasteiger charge is -2.21. The summed E-state index contributed by atoms with van der Waals surface area (Å²) < 4.78 is 1.68. The number of terminal acetylenes is 1. The van der Waals surface area contributed by atoms with Gasteiger partial charge in [0.1, 0.15) is 12.4 Å². The summed E-state index contributed by atoms with van der Waals surface area (Å²) in [4.78, 5) is 17.1. The van der Waals surface area contributed by atoms with Crippen molar-refractivity contribution in [1.29, 1.82) is 0 Å². The van der Waals surface area contributed by atoms with Gasteiger partial charge in [0, 0.05) is 12.7 Å². The van der Waals surface area contributed by atoms with Gasteiger partial charge in [-0.05, 0) is 25.1 Å². The predicted molar refractivity (Wildman–Crippen MR) is 79.0 cm³/mol. The van der Waals surface area contributed by atoms with E-state index in [1.807, 2.05) is 24.1 Å². The van der Waals surface area contributed by atoms with Gasteiger partial charge in [-0.25, -0.2) is 9.78 Å². The van der Waals surface area contributed by atoms with Crippen LogP contribution in [0.4, 0.5) is 5.82 Å².